The molecule has 3 N–H and O–H groups in total. The minimum Gasteiger partial charge on any atom is -0.501 e. The second-order valence-electron chi connectivity index (χ2n) is 7.56. The second-order valence-corrected chi connectivity index (χ2v) is 9.62. The first-order valence-electron chi connectivity index (χ1n) is 10.4. The van der Waals surface area contributed by atoms with Crippen molar-refractivity contribution >= 4 is 33.1 Å². The average Bonchev–Trinajstić information content (AvgIpc) is 2.81. The van der Waals surface area contributed by atoms with Crippen LogP contribution in [-0.2, 0) is 14.8 Å². The predicted molar refractivity (Wildman–Crippen MR) is 128 cm³/mol. The molecule has 0 saturated heterocycles. The zero-order chi connectivity index (χ0) is 24.9. The smallest absolute Gasteiger partial charge is 0.266 e. The van der Waals surface area contributed by atoms with Crippen LogP contribution in [0, 0.1) is 11.6 Å². The van der Waals surface area contributed by atoms with E-state index in [1.54, 1.807) is 7.11 Å². The van der Waals surface area contributed by atoms with Crippen LogP contribution in [0.2, 0.25) is 5.02 Å². The Balaban J connectivity index is 1.90. The third-order valence-corrected chi connectivity index (χ3v) is 6.84. The van der Waals surface area contributed by atoms with Gasteiger partial charge in [0.2, 0.25) is 0 Å². The van der Waals surface area contributed by atoms with Crippen LogP contribution in [0.15, 0.2) is 58.6 Å². The van der Waals surface area contributed by atoms with Gasteiger partial charge >= 0.3 is 0 Å². The molecule has 0 aliphatic heterocycles. The van der Waals surface area contributed by atoms with Gasteiger partial charge in [0.05, 0.1) is 35.5 Å². The molecule has 184 valence electrons. The molecular weight excluding hydrogens is 488 g/mol. The molecule has 12 heteroatoms. The molecule has 0 atom stereocenters. The van der Waals surface area contributed by atoms with Crippen molar-refractivity contribution in [3.8, 4) is 0 Å². The number of sulfonamides is 1. The molecule has 1 heterocycles. The first-order chi connectivity index (χ1) is 16.1. The van der Waals surface area contributed by atoms with Gasteiger partial charge < -0.3 is 20.3 Å². The number of nitrogens with one attached hydrogen (secondary N) is 3. The number of hydrogen-bond acceptors (Lipinski definition) is 7. The highest BCUT2D eigenvalue weighted by Crippen LogP contribution is 2.33. The minimum atomic E-state index is -4.35. The van der Waals surface area contributed by atoms with Crippen LogP contribution in [0.25, 0.3) is 0 Å². The lowest BCUT2D eigenvalue weighted by Gasteiger charge is -2.28. The summed E-state index contributed by atoms with van der Waals surface area (Å²) in [6.45, 7) is 1.47. The molecule has 0 spiro atoms. The third-order valence-electron chi connectivity index (χ3n) is 5.16. The van der Waals surface area contributed by atoms with Crippen LogP contribution < -0.4 is 15.4 Å². The van der Waals surface area contributed by atoms with Gasteiger partial charge in [0, 0.05) is 44.4 Å². The lowest BCUT2D eigenvalue weighted by atomic mass is 10.0. The summed E-state index contributed by atoms with van der Waals surface area (Å²) in [5.41, 5.74) is 1.88. The molecular formula is C22H26ClF2N5O3S. The van der Waals surface area contributed by atoms with E-state index in [4.69, 9.17) is 16.3 Å². The molecule has 1 aliphatic carbocycles. The predicted octanol–water partition coefficient (Wildman–Crippen LogP) is 3.91. The van der Waals surface area contributed by atoms with Crippen LogP contribution in [0.1, 0.15) is 12.8 Å². The monoisotopic (exact) mass is 513 g/mol. The van der Waals surface area contributed by atoms with Crippen molar-refractivity contribution < 1.29 is 21.9 Å². The molecule has 0 unspecified atom stereocenters. The summed E-state index contributed by atoms with van der Waals surface area (Å²) in [6, 6.07) is 4.22. The Hall–Kier alpha value is -2.89. The molecule has 0 bridgehead atoms. The van der Waals surface area contributed by atoms with E-state index < -0.39 is 26.6 Å². The Morgan fingerprint density at radius 2 is 2.00 bits per heavy atom. The Morgan fingerprint density at radius 3 is 2.65 bits per heavy atom. The van der Waals surface area contributed by atoms with E-state index in [0.717, 1.165) is 54.2 Å². The van der Waals surface area contributed by atoms with Gasteiger partial charge in [0.1, 0.15) is 22.3 Å². The highest BCUT2D eigenvalue weighted by Gasteiger charge is 2.24. The van der Waals surface area contributed by atoms with Crippen molar-refractivity contribution in [2.45, 2.75) is 17.7 Å². The maximum atomic E-state index is 14.9. The maximum absolute atomic E-state index is 14.9. The molecule has 1 aliphatic rings. The number of rotatable bonds is 10. The lowest BCUT2D eigenvalue weighted by Crippen LogP contribution is -2.29. The van der Waals surface area contributed by atoms with Gasteiger partial charge in [-0.2, -0.15) is 0 Å². The number of methoxy groups -OCH3 is 1. The number of aromatic nitrogens is 1. The summed E-state index contributed by atoms with van der Waals surface area (Å²) < 4.78 is 60.8. The summed E-state index contributed by atoms with van der Waals surface area (Å²) in [5, 5.41) is 6.26. The summed E-state index contributed by atoms with van der Waals surface area (Å²) in [7, 11) is 1.04. The van der Waals surface area contributed by atoms with Crippen LogP contribution in [0.4, 0.5) is 20.3 Å². The van der Waals surface area contributed by atoms with Gasteiger partial charge in [-0.3, -0.25) is 4.72 Å². The number of hydrogen-bond donors (Lipinski definition) is 3. The van der Waals surface area contributed by atoms with Crippen molar-refractivity contribution in [1.29, 1.82) is 0 Å². The number of halogens is 3. The number of anilines is 2. The van der Waals surface area contributed by atoms with Gasteiger partial charge in [-0.05, 0) is 31.7 Å². The largest absolute Gasteiger partial charge is 0.501 e. The van der Waals surface area contributed by atoms with Crippen LogP contribution in [0.3, 0.4) is 0 Å². The van der Waals surface area contributed by atoms with Crippen LogP contribution in [0.5, 0.6) is 0 Å². The van der Waals surface area contributed by atoms with Gasteiger partial charge in [0.25, 0.3) is 10.0 Å². The molecule has 2 aromatic rings. The van der Waals surface area contributed by atoms with Crippen molar-refractivity contribution in [3.63, 3.8) is 0 Å². The number of likely N-dealkylation sites (N-methyl/N-ethyl adjacent to an activating group) is 2. The maximum Gasteiger partial charge on any atom is 0.266 e. The van der Waals surface area contributed by atoms with E-state index in [1.807, 2.05) is 25.1 Å². The van der Waals surface area contributed by atoms with Gasteiger partial charge in [-0.1, -0.05) is 11.6 Å². The number of allylic oxidation sites excluding steroid dienone is 3. The summed E-state index contributed by atoms with van der Waals surface area (Å²) in [4.78, 5) is 5.01. The fraction of sp³-hybridized carbons (Fsp3) is 0.318. The summed E-state index contributed by atoms with van der Waals surface area (Å²) in [5.74, 6) is -0.971. The molecule has 0 fully saturated rings. The van der Waals surface area contributed by atoms with Crippen LogP contribution in [-0.4, -0.2) is 52.6 Å². The lowest BCUT2D eigenvalue weighted by molar-refractivity contribution is 0.271. The molecule has 8 nitrogen and oxygen atoms in total. The van der Waals surface area contributed by atoms with Crippen molar-refractivity contribution in [2.75, 3.05) is 44.3 Å². The topological polar surface area (TPSA) is 95.6 Å². The SMILES string of the molecule is CNCCN(C)C1=C(Nc2cc(F)c(S(=O)(=O)Nc3ccc(F)cn3)cc2Cl)CCC(OC)=C1. The zero-order valence-electron chi connectivity index (χ0n) is 19.0. The molecule has 1 aromatic heterocycles. The van der Waals surface area contributed by atoms with Gasteiger partial charge in [0.15, 0.2) is 0 Å². The van der Waals surface area contributed by atoms with E-state index in [1.165, 1.54) is 0 Å². The van der Waals surface area contributed by atoms with Gasteiger partial charge in [-0.25, -0.2) is 22.2 Å². The average molecular weight is 514 g/mol. The number of nitrogens with zero attached hydrogens (tertiary/aromatic N) is 2. The summed E-state index contributed by atoms with van der Waals surface area (Å²) in [6.07, 6.45) is 3.99. The molecule has 3 rings (SSSR count). The van der Waals surface area contributed by atoms with E-state index >= 15 is 0 Å². The Morgan fingerprint density at radius 1 is 1.24 bits per heavy atom. The summed E-state index contributed by atoms with van der Waals surface area (Å²) >= 11 is 6.34. The number of pyridine rings is 1. The van der Waals surface area contributed by atoms with Crippen molar-refractivity contribution in [2.24, 2.45) is 0 Å². The molecule has 0 saturated carbocycles. The molecule has 34 heavy (non-hydrogen) atoms. The number of benzene rings is 1. The van der Waals surface area contributed by atoms with Crippen molar-refractivity contribution in [1.82, 2.24) is 15.2 Å². The fourth-order valence-electron chi connectivity index (χ4n) is 3.34. The highest BCUT2D eigenvalue weighted by atomic mass is 35.5. The van der Waals surface area contributed by atoms with E-state index in [9.17, 15) is 17.2 Å². The number of ether oxygens (including phenoxy) is 1. The first-order valence-corrected chi connectivity index (χ1v) is 12.2. The van der Waals surface area contributed by atoms with Crippen molar-refractivity contribution in [3.05, 3.63) is 70.3 Å². The Labute approximate surface area is 202 Å². The van der Waals surface area contributed by atoms with E-state index in [2.05, 4.69) is 20.3 Å². The first kappa shape index (κ1) is 25.7. The zero-order valence-corrected chi connectivity index (χ0v) is 20.5. The minimum absolute atomic E-state index is 0.0140. The fourth-order valence-corrected chi connectivity index (χ4v) is 4.71. The Kier molecular flexibility index (Phi) is 8.34. The normalized spacial score (nSPS) is 14.0. The van der Waals surface area contributed by atoms with E-state index in [0.29, 0.717) is 19.4 Å². The molecule has 0 radical (unpaired) electrons. The molecule has 1 aromatic carbocycles. The second kappa shape index (κ2) is 11.0. The van der Waals surface area contributed by atoms with Crippen LogP contribution >= 0.6 is 11.6 Å². The Bertz CT molecular complexity index is 1200. The standard InChI is InChI=1S/C22H26ClF2N5O3S/c1-26-8-9-30(2)20-10-15(33-3)5-6-18(20)28-19-12-17(25)21(11-16(19)23)34(31,32)29-22-7-4-14(24)13-27-22/h4,7,10-13,26,28H,5-6,8-9H2,1-3H3,(H,27,29). The van der Waals surface area contributed by atoms with Gasteiger partial charge in [-0.15, -0.1) is 0 Å². The highest BCUT2D eigenvalue weighted by molar-refractivity contribution is 7.92. The van der Waals surface area contributed by atoms with E-state index in [-0.39, 0.29) is 16.5 Å². The quantitative estimate of drug-likeness (QED) is 0.443. The molecule has 0 amide bonds. The third kappa shape index (κ3) is 6.16.